The van der Waals surface area contributed by atoms with Crippen molar-refractivity contribution < 1.29 is 0 Å². The van der Waals surface area contributed by atoms with Crippen LogP contribution >= 0.6 is 11.6 Å². The molecular weight excluding hydrogens is 180 g/mol. The molecular formula is C12H23Cl. The van der Waals surface area contributed by atoms with Crippen LogP contribution in [0.2, 0.25) is 0 Å². The van der Waals surface area contributed by atoms with Crippen LogP contribution in [0.5, 0.6) is 0 Å². The summed E-state index contributed by atoms with van der Waals surface area (Å²) in [5, 5.41) is 0.438. The molecule has 1 rings (SSSR count). The van der Waals surface area contributed by atoms with Gasteiger partial charge in [-0.25, -0.2) is 0 Å². The Balaban J connectivity index is 2.30. The Kier molecular flexibility index (Phi) is 4.58. The first-order valence-corrected chi connectivity index (χ1v) is 6.22. The van der Waals surface area contributed by atoms with Gasteiger partial charge >= 0.3 is 0 Å². The van der Waals surface area contributed by atoms with Crippen molar-refractivity contribution in [2.24, 2.45) is 17.8 Å². The first-order valence-electron chi connectivity index (χ1n) is 5.79. The third-order valence-corrected chi connectivity index (χ3v) is 4.33. The number of rotatable bonds is 3. The molecule has 0 nitrogen and oxygen atoms in total. The van der Waals surface area contributed by atoms with Gasteiger partial charge in [-0.15, -0.1) is 11.6 Å². The topological polar surface area (TPSA) is 0 Å². The van der Waals surface area contributed by atoms with Crippen LogP contribution in [0.3, 0.4) is 0 Å². The Morgan fingerprint density at radius 1 is 1.08 bits per heavy atom. The zero-order valence-electron chi connectivity index (χ0n) is 9.22. The van der Waals surface area contributed by atoms with Crippen LogP contribution in [-0.4, -0.2) is 5.38 Å². The molecule has 0 aromatic heterocycles. The first kappa shape index (κ1) is 11.4. The molecule has 78 valence electrons. The Labute approximate surface area is 88.1 Å². The van der Waals surface area contributed by atoms with E-state index in [-0.39, 0.29) is 0 Å². The lowest BCUT2D eigenvalue weighted by Gasteiger charge is -2.32. The standard InChI is InChI=1S/C12H23Cl/c1-4-12(13)11-7-5-10(6-8-11)9(2)3/h9-12H,4-8H2,1-3H3. The highest BCUT2D eigenvalue weighted by molar-refractivity contribution is 6.20. The Morgan fingerprint density at radius 2 is 1.54 bits per heavy atom. The molecule has 1 unspecified atom stereocenters. The maximum Gasteiger partial charge on any atom is 0.0361 e. The van der Waals surface area contributed by atoms with E-state index in [1.54, 1.807) is 0 Å². The van der Waals surface area contributed by atoms with Gasteiger partial charge in [0, 0.05) is 5.38 Å². The predicted octanol–water partition coefficient (Wildman–Crippen LogP) is 4.47. The van der Waals surface area contributed by atoms with Gasteiger partial charge in [0.05, 0.1) is 0 Å². The Morgan fingerprint density at radius 3 is 1.92 bits per heavy atom. The van der Waals surface area contributed by atoms with Crippen LogP contribution < -0.4 is 0 Å². The van der Waals surface area contributed by atoms with Gasteiger partial charge in [-0.2, -0.15) is 0 Å². The van der Waals surface area contributed by atoms with Crippen molar-refractivity contribution >= 4 is 11.6 Å². The summed E-state index contributed by atoms with van der Waals surface area (Å²) in [6.07, 6.45) is 6.69. The second-order valence-electron chi connectivity index (χ2n) is 4.84. The highest BCUT2D eigenvalue weighted by atomic mass is 35.5. The number of hydrogen-bond acceptors (Lipinski definition) is 0. The van der Waals surface area contributed by atoms with Crippen molar-refractivity contribution in [3.63, 3.8) is 0 Å². The van der Waals surface area contributed by atoms with E-state index in [2.05, 4.69) is 20.8 Å². The average molecular weight is 203 g/mol. The van der Waals surface area contributed by atoms with E-state index in [4.69, 9.17) is 11.6 Å². The average Bonchev–Trinajstić information content (AvgIpc) is 2.17. The molecule has 0 heterocycles. The molecule has 1 aliphatic rings. The Hall–Kier alpha value is 0.290. The second kappa shape index (κ2) is 5.24. The lowest BCUT2D eigenvalue weighted by molar-refractivity contribution is 0.218. The van der Waals surface area contributed by atoms with Gasteiger partial charge in [-0.1, -0.05) is 20.8 Å². The smallest absolute Gasteiger partial charge is 0.0361 e. The lowest BCUT2D eigenvalue weighted by Crippen LogP contribution is -2.23. The maximum absolute atomic E-state index is 6.27. The van der Waals surface area contributed by atoms with Crippen molar-refractivity contribution in [3.05, 3.63) is 0 Å². The number of alkyl halides is 1. The molecule has 1 heteroatoms. The van der Waals surface area contributed by atoms with E-state index >= 15 is 0 Å². The van der Waals surface area contributed by atoms with Gasteiger partial charge in [-0.3, -0.25) is 0 Å². The van der Waals surface area contributed by atoms with Crippen molar-refractivity contribution in [1.29, 1.82) is 0 Å². The molecule has 0 amide bonds. The summed E-state index contributed by atoms with van der Waals surface area (Å²) in [7, 11) is 0. The number of halogens is 1. The zero-order valence-corrected chi connectivity index (χ0v) is 9.98. The van der Waals surface area contributed by atoms with Crippen molar-refractivity contribution in [2.75, 3.05) is 0 Å². The van der Waals surface area contributed by atoms with E-state index in [1.165, 1.54) is 25.7 Å². The maximum atomic E-state index is 6.27. The molecule has 0 aromatic rings. The summed E-state index contributed by atoms with van der Waals surface area (Å²) in [6.45, 7) is 6.90. The van der Waals surface area contributed by atoms with Crippen molar-refractivity contribution in [2.45, 2.75) is 58.3 Å². The fourth-order valence-corrected chi connectivity index (χ4v) is 2.76. The van der Waals surface area contributed by atoms with Gasteiger partial charge in [0.25, 0.3) is 0 Å². The van der Waals surface area contributed by atoms with Crippen molar-refractivity contribution in [3.8, 4) is 0 Å². The van der Waals surface area contributed by atoms with Crippen LogP contribution in [0.25, 0.3) is 0 Å². The van der Waals surface area contributed by atoms with E-state index < -0.39 is 0 Å². The first-order chi connectivity index (χ1) is 6.15. The minimum Gasteiger partial charge on any atom is -0.123 e. The SMILES string of the molecule is CCC(Cl)C1CCC(C(C)C)CC1. The van der Waals surface area contributed by atoms with E-state index in [1.807, 2.05) is 0 Å². The normalized spacial score (nSPS) is 32.1. The lowest BCUT2D eigenvalue weighted by atomic mass is 9.75. The molecule has 0 radical (unpaired) electrons. The fourth-order valence-electron chi connectivity index (χ4n) is 2.51. The molecule has 1 fully saturated rings. The highest BCUT2D eigenvalue weighted by Crippen LogP contribution is 2.36. The molecule has 1 atom stereocenters. The van der Waals surface area contributed by atoms with Gasteiger partial charge in [0.15, 0.2) is 0 Å². The van der Waals surface area contributed by atoms with Gasteiger partial charge in [-0.05, 0) is 49.9 Å². The molecule has 0 bridgehead atoms. The van der Waals surface area contributed by atoms with Crippen molar-refractivity contribution in [1.82, 2.24) is 0 Å². The third-order valence-electron chi connectivity index (χ3n) is 3.66. The molecule has 0 aliphatic heterocycles. The summed E-state index contributed by atoms with van der Waals surface area (Å²) in [4.78, 5) is 0. The largest absolute Gasteiger partial charge is 0.123 e. The number of hydrogen-bond donors (Lipinski definition) is 0. The molecule has 0 aromatic carbocycles. The summed E-state index contributed by atoms with van der Waals surface area (Å²) >= 11 is 6.27. The molecule has 0 saturated heterocycles. The van der Waals surface area contributed by atoms with E-state index in [0.29, 0.717) is 5.38 Å². The molecule has 1 saturated carbocycles. The summed E-state index contributed by atoms with van der Waals surface area (Å²) in [5.41, 5.74) is 0. The van der Waals surface area contributed by atoms with Crippen LogP contribution in [0.1, 0.15) is 52.9 Å². The summed E-state index contributed by atoms with van der Waals surface area (Å²) < 4.78 is 0. The Bertz CT molecular complexity index is 134. The minimum absolute atomic E-state index is 0.438. The second-order valence-corrected chi connectivity index (χ2v) is 5.40. The van der Waals surface area contributed by atoms with Crippen LogP contribution in [-0.2, 0) is 0 Å². The van der Waals surface area contributed by atoms with E-state index in [9.17, 15) is 0 Å². The summed E-state index contributed by atoms with van der Waals surface area (Å²) in [5.74, 6) is 2.65. The van der Waals surface area contributed by atoms with Gasteiger partial charge < -0.3 is 0 Å². The molecule has 0 spiro atoms. The highest BCUT2D eigenvalue weighted by Gasteiger charge is 2.26. The fraction of sp³-hybridized carbons (Fsp3) is 1.00. The van der Waals surface area contributed by atoms with Crippen LogP contribution in [0, 0.1) is 17.8 Å². The summed E-state index contributed by atoms with van der Waals surface area (Å²) in [6, 6.07) is 0. The minimum atomic E-state index is 0.438. The molecule has 0 N–H and O–H groups in total. The monoisotopic (exact) mass is 202 g/mol. The molecule has 13 heavy (non-hydrogen) atoms. The van der Waals surface area contributed by atoms with Gasteiger partial charge in [0.2, 0.25) is 0 Å². The molecule has 1 aliphatic carbocycles. The predicted molar refractivity (Wildman–Crippen MR) is 60.2 cm³/mol. The quantitative estimate of drug-likeness (QED) is 0.593. The van der Waals surface area contributed by atoms with Crippen LogP contribution in [0.4, 0.5) is 0 Å². The van der Waals surface area contributed by atoms with E-state index in [0.717, 1.165) is 24.2 Å². The van der Waals surface area contributed by atoms with Gasteiger partial charge in [0.1, 0.15) is 0 Å². The third kappa shape index (κ3) is 3.16. The zero-order chi connectivity index (χ0) is 9.84. The van der Waals surface area contributed by atoms with Crippen LogP contribution in [0.15, 0.2) is 0 Å².